The monoisotopic (exact) mass is 283 g/mol. The Balaban J connectivity index is 2.25. The molecule has 2 N–H and O–H groups in total. The van der Waals surface area contributed by atoms with Gasteiger partial charge in [-0.3, -0.25) is 4.79 Å². The number of nitrogen functional groups attached to an aromatic ring is 1. The van der Waals surface area contributed by atoms with Crippen LogP contribution in [0.2, 0.25) is 0 Å². The first kappa shape index (κ1) is 15.1. The van der Waals surface area contributed by atoms with E-state index in [9.17, 15) is 4.79 Å². The number of nitrogens with two attached hydrogens (primary N) is 1. The fourth-order valence-electron chi connectivity index (χ4n) is 2.43. The van der Waals surface area contributed by atoms with E-state index >= 15 is 0 Å². The Labute approximate surface area is 125 Å². The lowest BCUT2D eigenvalue weighted by molar-refractivity contribution is -0.118. The molecule has 0 aliphatic carbocycles. The van der Waals surface area contributed by atoms with Crippen molar-refractivity contribution in [2.24, 2.45) is 0 Å². The standard InChI is InChI=1S/C18H21NO2/c1-3-16(13(2)20)17-10-9-15(19)11-18(17)21-12-14-7-5-4-6-8-14/h4-11,16H,3,12,19H2,1-2H3. The van der Waals surface area contributed by atoms with E-state index in [4.69, 9.17) is 10.5 Å². The maximum absolute atomic E-state index is 11.8. The number of anilines is 1. The van der Waals surface area contributed by atoms with Crippen molar-refractivity contribution in [2.45, 2.75) is 32.8 Å². The van der Waals surface area contributed by atoms with Gasteiger partial charge in [-0.1, -0.05) is 43.3 Å². The summed E-state index contributed by atoms with van der Waals surface area (Å²) < 4.78 is 5.90. The summed E-state index contributed by atoms with van der Waals surface area (Å²) in [6, 6.07) is 15.4. The average Bonchev–Trinajstić information content (AvgIpc) is 2.48. The smallest absolute Gasteiger partial charge is 0.137 e. The van der Waals surface area contributed by atoms with Crippen molar-refractivity contribution in [3.63, 3.8) is 0 Å². The Morgan fingerprint density at radius 2 is 1.90 bits per heavy atom. The van der Waals surface area contributed by atoms with Gasteiger partial charge in [-0.25, -0.2) is 0 Å². The summed E-state index contributed by atoms with van der Waals surface area (Å²) >= 11 is 0. The molecule has 2 aromatic carbocycles. The number of benzene rings is 2. The van der Waals surface area contributed by atoms with Gasteiger partial charge in [-0.15, -0.1) is 0 Å². The second kappa shape index (κ2) is 6.93. The van der Waals surface area contributed by atoms with Crippen LogP contribution in [0.1, 0.15) is 37.3 Å². The van der Waals surface area contributed by atoms with Crippen LogP contribution in [0, 0.1) is 0 Å². The van der Waals surface area contributed by atoms with Crippen molar-refractivity contribution < 1.29 is 9.53 Å². The molecular weight excluding hydrogens is 262 g/mol. The third-order valence-corrected chi connectivity index (χ3v) is 3.55. The number of ether oxygens (including phenoxy) is 1. The van der Waals surface area contributed by atoms with E-state index in [1.807, 2.05) is 49.4 Å². The third-order valence-electron chi connectivity index (χ3n) is 3.55. The highest BCUT2D eigenvalue weighted by molar-refractivity contribution is 5.84. The van der Waals surface area contributed by atoms with Crippen molar-refractivity contribution >= 4 is 11.5 Å². The van der Waals surface area contributed by atoms with Crippen molar-refractivity contribution in [1.29, 1.82) is 0 Å². The fraction of sp³-hybridized carbons (Fsp3) is 0.278. The molecule has 110 valence electrons. The van der Waals surface area contributed by atoms with Crippen LogP contribution >= 0.6 is 0 Å². The zero-order valence-corrected chi connectivity index (χ0v) is 12.5. The molecular formula is C18H21NO2. The topological polar surface area (TPSA) is 52.3 Å². The predicted octanol–water partition coefficient (Wildman–Crippen LogP) is 3.93. The Hall–Kier alpha value is -2.29. The van der Waals surface area contributed by atoms with Crippen LogP contribution in [0.3, 0.4) is 0 Å². The highest BCUT2D eigenvalue weighted by Gasteiger charge is 2.19. The van der Waals surface area contributed by atoms with Crippen LogP contribution in [-0.4, -0.2) is 5.78 Å². The number of Topliss-reactive ketones (excluding diaryl/α,β-unsaturated/α-hetero) is 1. The second-order valence-corrected chi connectivity index (χ2v) is 5.14. The van der Waals surface area contributed by atoms with E-state index in [1.54, 1.807) is 13.0 Å². The normalized spacial score (nSPS) is 11.9. The Morgan fingerprint density at radius 3 is 2.52 bits per heavy atom. The van der Waals surface area contributed by atoms with Crippen LogP contribution in [0.4, 0.5) is 5.69 Å². The summed E-state index contributed by atoms with van der Waals surface area (Å²) in [5.41, 5.74) is 8.49. The van der Waals surface area contributed by atoms with E-state index in [0.29, 0.717) is 18.0 Å². The molecule has 21 heavy (non-hydrogen) atoms. The summed E-state index contributed by atoms with van der Waals surface area (Å²) in [4.78, 5) is 11.8. The van der Waals surface area contributed by atoms with Gasteiger partial charge in [0.05, 0.1) is 0 Å². The Kier molecular flexibility index (Phi) is 4.99. The minimum absolute atomic E-state index is 0.142. The number of hydrogen-bond acceptors (Lipinski definition) is 3. The molecule has 1 unspecified atom stereocenters. The summed E-state index contributed by atoms with van der Waals surface area (Å²) in [5, 5.41) is 0. The van der Waals surface area contributed by atoms with Crippen molar-refractivity contribution in [2.75, 3.05) is 5.73 Å². The minimum atomic E-state index is -0.142. The van der Waals surface area contributed by atoms with E-state index in [1.165, 1.54) is 0 Å². The molecule has 0 aliphatic heterocycles. The molecule has 0 aromatic heterocycles. The van der Waals surface area contributed by atoms with Crippen LogP contribution in [0.5, 0.6) is 5.75 Å². The van der Waals surface area contributed by atoms with Gasteiger partial charge >= 0.3 is 0 Å². The lowest BCUT2D eigenvalue weighted by Crippen LogP contribution is -2.10. The van der Waals surface area contributed by atoms with Crippen molar-refractivity contribution in [3.05, 3.63) is 59.7 Å². The SMILES string of the molecule is CCC(C(C)=O)c1ccc(N)cc1OCc1ccccc1. The van der Waals surface area contributed by atoms with Gasteiger partial charge in [0, 0.05) is 23.2 Å². The van der Waals surface area contributed by atoms with Crippen molar-refractivity contribution in [1.82, 2.24) is 0 Å². The zero-order valence-electron chi connectivity index (χ0n) is 12.5. The molecule has 0 aliphatic rings. The molecule has 2 aromatic rings. The number of carbonyl (C=O) groups is 1. The minimum Gasteiger partial charge on any atom is -0.489 e. The van der Waals surface area contributed by atoms with Gasteiger partial charge < -0.3 is 10.5 Å². The first-order valence-electron chi connectivity index (χ1n) is 7.18. The average molecular weight is 283 g/mol. The summed E-state index contributed by atoms with van der Waals surface area (Å²) in [6.07, 6.45) is 0.751. The van der Waals surface area contributed by atoms with Gasteiger partial charge in [-0.05, 0) is 25.0 Å². The molecule has 2 rings (SSSR count). The van der Waals surface area contributed by atoms with Gasteiger partial charge in [0.2, 0.25) is 0 Å². The fourth-order valence-corrected chi connectivity index (χ4v) is 2.43. The number of hydrogen-bond donors (Lipinski definition) is 1. The number of ketones is 1. The number of rotatable bonds is 6. The summed E-state index contributed by atoms with van der Waals surface area (Å²) in [6.45, 7) is 4.08. The number of carbonyl (C=O) groups excluding carboxylic acids is 1. The van der Waals surface area contributed by atoms with E-state index in [0.717, 1.165) is 17.5 Å². The highest BCUT2D eigenvalue weighted by Crippen LogP contribution is 2.32. The lowest BCUT2D eigenvalue weighted by Gasteiger charge is -2.18. The molecule has 3 heteroatoms. The molecule has 0 fully saturated rings. The molecule has 3 nitrogen and oxygen atoms in total. The predicted molar refractivity (Wildman–Crippen MR) is 85.3 cm³/mol. The Morgan fingerprint density at radius 1 is 1.19 bits per heavy atom. The largest absolute Gasteiger partial charge is 0.489 e. The molecule has 0 spiro atoms. The second-order valence-electron chi connectivity index (χ2n) is 5.14. The molecule has 0 saturated carbocycles. The maximum Gasteiger partial charge on any atom is 0.137 e. The van der Waals surface area contributed by atoms with E-state index in [2.05, 4.69) is 0 Å². The van der Waals surface area contributed by atoms with Gasteiger partial charge in [0.1, 0.15) is 18.1 Å². The van der Waals surface area contributed by atoms with E-state index in [-0.39, 0.29) is 11.7 Å². The van der Waals surface area contributed by atoms with Crippen LogP contribution in [0.25, 0.3) is 0 Å². The molecule has 0 saturated heterocycles. The Bertz CT molecular complexity index is 608. The molecule has 0 radical (unpaired) electrons. The van der Waals surface area contributed by atoms with Gasteiger partial charge in [-0.2, -0.15) is 0 Å². The van der Waals surface area contributed by atoms with E-state index < -0.39 is 0 Å². The molecule has 0 heterocycles. The third kappa shape index (κ3) is 3.85. The quantitative estimate of drug-likeness (QED) is 0.817. The summed E-state index contributed by atoms with van der Waals surface area (Å²) in [7, 11) is 0. The van der Waals surface area contributed by atoms with Crippen LogP contribution in [-0.2, 0) is 11.4 Å². The molecule has 0 bridgehead atoms. The summed E-state index contributed by atoms with van der Waals surface area (Å²) in [5.74, 6) is 0.698. The maximum atomic E-state index is 11.8. The van der Waals surface area contributed by atoms with Crippen LogP contribution < -0.4 is 10.5 Å². The van der Waals surface area contributed by atoms with Gasteiger partial charge in [0.25, 0.3) is 0 Å². The first-order valence-corrected chi connectivity index (χ1v) is 7.18. The van der Waals surface area contributed by atoms with Crippen LogP contribution in [0.15, 0.2) is 48.5 Å². The highest BCUT2D eigenvalue weighted by atomic mass is 16.5. The lowest BCUT2D eigenvalue weighted by atomic mass is 9.92. The van der Waals surface area contributed by atoms with Gasteiger partial charge in [0.15, 0.2) is 0 Å². The zero-order chi connectivity index (χ0) is 15.2. The molecule has 1 atom stereocenters. The van der Waals surface area contributed by atoms with Crippen molar-refractivity contribution in [3.8, 4) is 5.75 Å². The molecule has 0 amide bonds. The first-order chi connectivity index (χ1) is 10.1.